The fraction of sp³-hybridized carbons (Fsp3) is 0.471. The summed E-state index contributed by atoms with van der Waals surface area (Å²) in [7, 11) is 0.838. The van der Waals surface area contributed by atoms with E-state index >= 15 is 0 Å². The Balaban J connectivity index is 0. The summed E-state index contributed by atoms with van der Waals surface area (Å²) in [4.78, 5) is 10.6. The lowest BCUT2D eigenvalue weighted by molar-refractivity contribution is -0.237. The van der Waals surface area contributed by atoms with Crippen LogP contribution in [0, 0.1) is 0 Å². The molecule has 238 valence electrons. The third-order valence-corrected chi connectivity index (χ3v) is 11.5. The summed E-state index contributed by atoms with van der Waals surface area (Å²) in [6.07, 6.45) is 0. The van der Waals surface area contributed by atoms with Crippen molar-refractivity contribution >= 4 is 8.07 Å². The number of ether oxygens (including phenoxy) is 1. The van der Waals surface area contributed by atoms with E-state index in [1.165, 1.54) is 16.7 Å². The van der Waals surface area contributed by atoms with Crippen molar-refractivity contribution in [3.8, 4) is 5.75 Å². The van der Waals surface area contributed by atoms with Crippen LogP contribution in [0.2, 0.25) is 24.7 Å². The summed E-state index contributed by atoms with van der Waals surface area (Å²) in [5, 5.41) is 22.7. The van der Waals surface area contributed by atoms with E-state index < -0.39 is 8.07 Å². The quantitative estimate of drug-likeness (QED) is 0.107. The van der Waals surface area contributed by atoms with Gasteiger partial charge in [0.05, 0.1) is 26.9 Å². The highest BCUT2D eigenvalue weighted by molar-refractivity contribution is 6.78. The molecule has 8 heteroatoms. The van der Waals surface area contributed by atoms with Crippen molar-refractivity contribution in [3.63, 3.8) is 0 Å². The van der Waals surface area contributed by atoms with Gasteiger partial charge in [-0.1, -0.05) is 113 Å². The summed E-state index contributed by atoms with van der Waals surface area (Å²) < 4.78 is 5.29. The molecule has 0 radical (unpaired) electrons. The van der Waals surface area contributed by atoms with E-state index in [-0.39, 0.29) is 5.41 Å². The topological polar surface area (TPSA) is 97.6 Å². The fourth-order valence-electron chi connectivity index (χ4n) is 2.97. The highest BCUT2D eigenvalue weighted by atomic mass is 28.3. The van der Waals surface area contributed by atoms with Crippen LogP contribution in [0.5, 0.6) is 5.75 Å². The van der Waals surface area contributed by atoms with E-state index in [0.29, 0.717) is 24.9 Å². The molecule has 0 amide bonds. The molecular formula is C34H56O7Si. The second-order valence-electron chi connectivity index (χ2n) is 11.3. The summed E-state index contributed by atoms with van der Waals surface area (Å²) >= 11 is 0. The van der Waals surface area contributed by atoms with Crippen LogP contribution in [0.25, 0.3) is 0 Å². The first-order chi connectivity index (χ1) is 19.7. The molecule has 0 aliphatic rings. The minimum absolute atomic E-state index is 0.186. The molecule has 42 heavy (non-hydrogen) atoms. The number of benzene rings is 3. The van der Waals surface area contributed by atoms with Crippen molar-refractivity contribution in [3.05, 3.63) is 102 Å². The third kappa shape index (κ3) is 16.2. The van der Waals surface area contributed by atoms with E-state index in [1.807, 2.05) is 12.1 Å². The molecule has 3 aromatic rings. The zero-order chi connectivity index (χ0) is 32.7. The number of hydrogen-bond acceptors (Lipinski definition) is 7. The van der Waals surface area contributed by atoms with Crippen LogP contribution in [0.15, 0.2) is 84.9 Å². The molecule has 3 N–H and O–H groups in total. The molecule has 0 bridgehead atoms. The maximum Gasteiger partial charge on any atom is 0.118 e. The summed E-state index contributed by atoms with van der Waals surface area (Å²) in [6, 6.07) is 29.6. The van der Waals surface area contributed by atoms with Crippen molar-refractivity contribution in [1.29, 1.82) is 0 Å². The lowest BCUT2D eigenvalue weighted by Crippen LogP contribution is -2.32. The van der Waals surface area contributed by atoms with E-state index in [4.69, 9.17) is 20.5 Å². The molecule has 3 rings (SSSR count). The largest absolute Gasteiger partial charge is 0.497 e. The minimum Gasteiger partial charge on any atom is -0.497 e. The van der Waals surface area contributed by atoms with Crippen LogP contribution < -0.4 is 4.74 Å². The van der Waals surface area contributed by atoms with Crippen LogP contribution in [-0.2, 0) is 20.1 Å². The maximum absolute atomic E-state index is 7.38. The first kappa shape index (κ1) is 41.6. The first-order valence-electron chi connectivity index (χ1n) is 14.3. The smallest absolute Gasteiger partial charge is 0.118 e. The van der Waals surface area contributed by atoms with Crippen molar-refractivity contribution in [2.75, 3.05) is 26.9 Å². The Bertz CT molecular complexity index is 933. The van der Waals surface area contributed by atoms with Gasteiger partial charge in [-0.2, -0.15) is 0 Å². The second kappa shape index (κ2) is 23.0. The fourth-order valence-corrected chi connectivity index (χ4v) is 2.97. The molecule has 0 aliphatic carbocycles. The van der Waals surface area contributed by atoms with Crippen LogP contribution in [-0.4, -0.2) is 50.8 Å². The Morgan fingerprint density at radius 2 is 0.810 bits per heavy atom. The molecule has 0 spiro atoms. The lowest BCUT2D eigenvalue weighted by atomic mass is 9.71. The van der Waals surface area contributed by atoms with E-state index in [1.54, 1.807) is 27.9 Å². The summed E-state index contributed by atoms with van der Waals surface area (Å²) in [5.41, 5.74) is 3.64. The van der Waals surface area contributed by atoms with E-state index in [9.17, 15) is 0 Å². The molecule has 0 aliphatic heterocycles. The Hall–Kier alpha value is -2.56. The molecule has 0 unspecified atom stereocenters. The molecule has 7 nitrogen and oxygen atoms in total. The highest BCUT2D eigenvalue weighted by Gasteiger charge is 2.31. The van der Waals surface area contributed by atoms with Gasteiger partial charge in [0, 0.05) is 13.5 Å². The zero-order valence-corrected chi connectivity index (χ0v) is 28.7. The predicted octanol–water partition coefficient (Wildman–Crippen LogP) is 9.66. The lowest BCUT2D eigenvalue weighted by Gasteiger charge is -2.32. The monoisotopic (exact) mass is 604 g/mol. The van der Waals surface area contributed by atoms with Crippen molar-refractivity contribution in [1.82, 2.24) is 0 Å². The van der Waals surface area contributed by atoms with Gasteiger partial charge in [-0.3, -0.25) is 15.8 Å². The average Bonchev–Trinajstić information content (AvgIpc) is 3.01. The third-order valence-electron chi connectivity index (χ3n) is 7.01. The average molecular weight is 605 g/mol. The van der Waals surface area contributed by atoms with Gasteiger partial charge in [0.1, 0.15) is 5.75 Å². The molecule has 0 atom stereocenters. The van der Waals surface area contributed by atoms with Gasteiger partial charge in [0.15, 0.2) is 0 Å². The molecule has 0 saturated carbocycles. The van der Waals surface area contributed by atoms with Crippen LogP contribution in [0.1, 0.15) is 65.2 Å². The van der Waals surface area contributed by atoms with Gasteiger partial charge in [0.25, 0.3) is 0 Å². The number of methoxy groups -OCH3 is 1. The molecule has 0 aromatic heterocycles. The van der Waals surface area contributed by atoms with Gasteiger partial charge in [-0.15, -0.1) is 0 Å². The molecule has 3 aromatic carbocycles. The van der Waals surface area contributed by atoms with Crippen molar-refractivity contribution in [2.24, 2.45) is 0 Å². The molecule has 0 saturated heterocycles. The Morgan fingerprint density at radius 3 is 1.02 bits per heavy atom. The van der Waals surface area contributed by atoms with Crippen LogP contribution in [0.3, 0.4) is 0 Å². The highest BCUT2D eigenvalue weighted by Crippen LogP contribution is 2.39. The van der Waals surface area contributed by atoms with Gasteiger partial charge in [0.2, 0.25) is 0 Å². The molecular weight excluding hydrogens is 548 g/mol. The van der Waals surface area contributed by atoms with E-state index in [2.05, 4.69) is 135 Å². The minimum atomic E-state index is -0.859. The Kier molecular flexibility index (Phi) is 22.7. The number of rotatable bonds is 7. The SMILES string of the molecule is CC(C)(C)[Si](C)(C)C.CCOO.CCOO.CCOO.COc1ccc(C(C)(c2ccccc2)c2ccccc2)cc1. The van der Waals surface area contributed by atoms with Gasteiger partial charge in [-0.05, 0) is 61.6 Å². The normalized spacial score (nSPS) is 10.7. The number of hydrogen-bond donors (Lipinski definition) is 3. The maximum atomic E-state index is 7.38. The van der Waals surface area contributed by atoms with E-state index in [0.717, 1.165) is 5.75 Å². The predicted molar refractivity (Wildman–Crippen MR) is 177 cm³/mol. The van der Waals surface area contributed by atoms with Gasteiger partial charge >= 0.3 is 0 Å². The zero-order valence-electron chi connectivity index (χ0n) is 27.7. The summed E-state index contributed by atoms with van der Waals surface area (Å²) in [5.74, 6) is 0.882. The summed E-state index contributed by atoms with van der Waals surface area (Å²) in [6.45, 7) is 22.8. The first-order valence-corrected chi connectivity index (χ1v) is 17.8. The van der Waals surface area contributed by atoms with Crippen molar-refractivity contribution in [2.45, 2.75) is 78.6 Å². The Morgan fingerprint density at radius 1 is 0.548 bits per heavy atom. The molecule has 0 heterocycles. The standard InChI is InChI=1S/C21H20O.C7H18Si.3C2H6O2/c1-21(17-9-5-3-6-10-17,18-11-7-4-8-12-18)19-13-15-20(22-2)16-14-19;1-7(2,3)8(4,5)6;3*1-2-4-3/h3-16H,1-2H3;1-6H3;3*3H,2H2,1H3. The Labute approximate surface area is 255 Å². The van der Waals surface area contributed by atoms with Crippen LogP contribution in [0.4, 0.5) is 0 Å². The molecule has 0 fully saturated rings. The van der Waals surface area contributed by atoms with Gasteiger partial charge < -0.3 is 4.74 Å². The van der Waals surface area contributed by atoms with Crippen molar-refractivity contribution < 1.29 is 35.2 Å². The van der Waals surface area contributed by atoms with Crippen LogP contribution >= 0.6 is 0 Å². The second-order valence-corrected chi connectivity index (χ2v) is 17.3. The van der Waals surface area contributed by atoms with Gasteiger partial charge in [-0.25, -0.2) is 14.7 Å².